The molecule has 8 nitrogen and oxygen atoms in total. The number of methoxy groups -OCH3 is 1. The quantitative estimate of drug-likeness (QED) is 0.554. The molecule has 0 heterocycles. The number of halogens is 1. The lowest BCUT2D eigenvalue weighted by Gasteiger charge is -2.19. The SMILES string of the molecule is CCN(CC)S(=O)(=O)c1ccc(OC)c(NC(=O)CNC(=O)c2ccc(Br)cc2)c1. The maximum absolute atomic E-state index is 12.7. The van der Waals surface area contributed by atoms with Crippen LogP contribution < -0.4 is 15.4 Å². The molecule has 30 heavy (non-hydrogen) atoms. The highest BCUT2D eigenvalue weighted by molar-refractivity contribution is 9.10. The molecule has 0 aliphatic carbocycles. The molecule has 2 N–H and O–H groups in total. The Morgan fingerprint density at radius 3 is 2.27 bits per heavy atom. The van der Waals surface area contributed by atoms with Crippen LogP contribution in [-0.2, 0) is 14.8 Å². The van der Waals surface area contributed by atoms with Gasteiger partial charge in [-0.2, -0.15) is 4.31 Å². The van der Waals surface area contributed by atoms with Crippen molar-refractivity contribution in [3.8, 4) is 5.75 Å². The lowest BCUT2D eigenvalue weighted by atomic mass is 10.2. The molecule has 10 heteroatoms. The Kier molecular flexibility index (Phi) is 8.39. The van der Waals surface area contributed by atoms with Crippen LogP contribution in [0.5, 0.6) is 5.75 Å². The normalized spacial score (nSPS) is 11.2. The number of carbonyl (C=O) groups is 2. The second-order valence-electron chi connectivity index (χ2n) is 6.19. The fourth-order valence-electron chi connectivity index (χ4n) is 2.72. The number of hydrogen-bond donors (Lipinski definition) is 2. The van der Waals surface area contributed by atoms with E-state index in [0.717, 1.165) is 4.47 Å². The second kappa shape index (κ2) is 10.6. The fraction of sp³-hybridized carbons (Fsp3) is 0.300. The van der Waals surface area contributed by atoms with Crippen molar-refractivity contribution in [2.45, 2.75) is 18.7 Å². The van der Waals surface area contributed by atoms with Gasteiger partial charge < -0.3 is 15.4 Å². The molecule has 0 saturated carbocycles. The molecule has 2 amide bonds. The van der Waals surface area contributed by atoms with Gasteiger partial charge in [-0.15, -0.1) is 0 Å². The molecule has 0 aromatic heterocycles. The number of rotatable bonds is 9. The van der Waals surface area contributed by atoms with Crippen LogP contribution in [-0.4, -0.2) is 51.3 Å². The number of ether oxygens (including phenoxy) is 1. The summed E-state index contributed by atoms with van der Waals surface area (Å²) in [5, 5.41) is 5.12. The molecule has 0 atom stereocenters. The first-order valence-corrected chi connectivity index (χ1v) is 11.5. The summed E-state index contributed by atoms with van der Waals surface area (Å²) in [7, 11) is -2.28. The Hall–Kier alpha value is -2.43. The van der Waals surface area contributed by atoms with Crippen molar-refractivity contribution in [2.24, 2.45) is 0 Å². The number of hydrogen-bond acceptors (Lipinski definition) is 5. The Balaban J connectivity index is 2.13. The molecule has 162 valence electrons. The summed E-state index contributed by atoms with van der Waals surface area (Å²) in [6.45, 7) is 3.87. The highest BCUT2D eigenvalue weighted by Gasteiger charge is 2.23. The van der Waals surface area contributed by atoms with Crippen molar-refractivity contribution in [3.63, 3.8) is 0 Å². The molecule has 0 fully saturated rings. The van der Waals surface area contributed by atoms with Crippen molar-refractivity contribution >= 4 is 43.5 Å². The summed E-state index contributed by atoms with van der Waals surface area (Å²) in [6, 6.07) is 11.0. The van der Waals surface area contributed by atoms with Gasteiger partial charge in [-0.25, -0.2) is 8.42 Å². The summed E-state index contributed by atoms with van der Waals surface area (Å²) in [6.07, 6.45) is 0. The zero-order valence-electron chi connectivity index (χ0n) is 16.9. The van der Waals surface area contributed by atoms with Gasteiger partial charge >= 0.3 is 0 Å². The lowest BCUT2D eigenvalue weighted by Crippen LogP contribution is -2.33. The maximum Gasteiger partial charge on any atom is 0.251 e. The Labute approximate surface area is 184 Å². The molecule has 0 aliphatic heterocycles. The van der Waals surface area contributed by atoms with Crippen LogP contribution in [0.2, 0.25) is 0 Å². The third-order valence-corrected chi connectivity index (χ3v) is 6.88. The lowest BCUT2D eigenvalue weighted by molar-refractivity contribution is -0.115. The van der Waals surface area contributed by atoms with E-state index in [0.29, 0.717) is 24.4 Å². The first-order chi connectivity index (χ1) is 14.2. The van der Waals surface area contributed by atoms with Crippen LogP contribution in [0.15, 0.2) is 51.8 Å². The summed E-state index contributed by atoms with van der Waals surface area (Å²) in [4.78, 5) is 24.5. The number of sulfonamides is 1. The van der Waals surface area contributed by atoms with Gasteiger partial charge in [-0.3, -0.25) is 9.59 Å². The average Bonchev–Trinajstić information content (AvgIpc) is 2.73. The van der Waals surface area contributed by atoms with Gasteiger partial charge in [-0.1, -0.05) is 29.8 Å². The molecule has 0 radical (unpaired) electrons. The first kappa shape index (κ1) is 23.8. The van der Waals surface area contributed by atoms with Crippen molar-refractivity contribution in [3.05, 3.63) is 52.5 Å². The van der Waals surface area contributed by atoms with Crippen molar-refractivity contribution in [2.75, 3.05) is 32.1 Å². The van der Waals surface area contributed by atoms with Crippen molar-refractivity contribution in [1.82, 2.24) is 9.62 Å². The number of carbonyl (C=O) groups excluding carboxylic acids is 2. The molecule has 0 aliphatic rings. The highest BCUT2D eigenvalue weighted by Crippen LogP contribution is 2.28. The Morgan fingerprint density at radius 2 is 1.70 bits per heavy atom. The van der Waals surface area contributed by atoms with Gasteiger partial charge in [0.25, 0.3) is 5.91 Å². The monoisotopic (exact) mass is 497 g/mol. The molecule has 2 aromatic rings. The molecule has 2 aromatic carbocycles. The van der Waals surface area contributed by atoms with Gasteiger partial charge in [0, 0.05) is 23.1 Å². The Bertz CT molecular complexity index is 1010. The zero-order valence-corrected chi connectivity index (χ0v) is 19.3. The van der Waals surface area contributed by atoms with Crippen molar-refractivity contribution in [1.29, 1.82) is 0 Å². The molecule has 0 spiro atoms. The number of nitrogens with one attached hydrogen (secondary N) is 2. The number of amides is 2. The molecular formula is C20H24BrN3O5S. The highest BCUT2D eigenvalue weighted by atomic mass is 79.9. The minimum absolute atomic E-state index is 0.0428. The van der Waals surface area contributed by atoms with Crippen LogP contribution >= 0.6 is 15.9 Å². The molecule has 0 unspecified atom stereocenters. The van der Waals surface area contributed by atoms with Gasteiger partial charge in [0.05, 0.1) is 24.2 Å². The van der Waals surface area contributed by atoms with E-state index in [1.807, 2.05) is 0 Å². The average molecular weight is 498 g/mol. The van der Waals surface area contributed by atoms with E-state index < -0.39 is 21.8 Å². The summed E-state index contributed by atoms with van der Waals surface area (Å²) >= 11 is 3.29. The van der Waals surface area contributed by atoms with Gasteiger partial charge in [-0.05, 0) is 42.5 Å². The van der Waals surface area contributed by atoms with E-state index >= 15 is 0 Å². The van der Waals surface area contributed by atoms with Crippen LogP contribution in [0.1, 0.15) is 24.2 Å². The van der Waals surface area contributed by atoms with Crippen LogP contribution in [0.3, 0.4) is 0 Å². The van der Waals surface area contributed by atoms with Gasteiger partial charge in [0.1, 0.15) is 5.75 Å². The van der Waals surface area contributed by atoms with Crippen LogP contribution in [0.4, 0.5) is 5.69 Å². The molecule has 2 rings (SSSR count). The first-order valence-electron chi connectivity index (χ1n) is 9.24. The van der Waals surface area contributed by atoms with Gasteiger partial charge in [0.2, 0.25) is 15.9 Å². The van der Waals surface area contributed by atoms with Crippen molar-refractivity contribution < 1.29 is 22.7 Å². The Morgan fingerprint density at radius 1 is 1.07 bits per heavy atom. The van der Waals surface area contributed by atoms with E-state index in [4.69, 9.17) is 4.74 Å². The number of nitrogens with zero attached hydrogens (tertiary/aromatic N) is 1. The minimum atomic E-state index is -3.70. The van der Waals surface area contributed by atoms with Crippen LogP contribution in [0, 0.1) is 0 Å². The summed E-state index contributed by atoms with van der Waals surface area (Å²) < 4.78 is 32.9. The minimum Gasteiger partial charge on any atom is -0.495 e. The third-order valence-electron chi connectivity index (χ3n) is 4.30. The third kappa shape index (κ3) is 5.80. The summed E-state index contributed by atoms with van der Waals surface area (Å²) in [5.41, 5.74) is 0.615. The maximum atomic E-state index is 12.7. The molecule has 0 saturated heterocycles. The number of benzene rings is 2. The standard InChI is InChI=1S/C20H24BrN3O5S/c1-4-24(5-2)30(27,28)16-10-11-18(29-3)17(12-16)23-19(25)13-22-20(26)14-6-8-15(21)9-7-14/h6-12H,4-5,13H2,1-3H3,(H,22,26)(H,23,25). The van der Waals surface area contributed by atoms with E-state index in [2.05, 4.69) is 26.6 Å². The largest absolute Gasteiger partial charge is 0.495 e. The predicted molar refractivity (Wildman–Crippen MR) is 118 cm³/mol. The van der Waals surface area contributed by atoms with E-state index in [9.17, 15) is 18.0 Å². The van der Waals surface area contributed by atoms with E-state index in [1.54, 1.807) is 38.1 Å². The zero-order chi connectivity index (χ0) is 22.3. The number of anilines is 1. The second-order valence-corrected chi connectivity index (χ2v) is 9.04. The smallest absolute Gasteiger partial charge is 0.251 e. The molecular weight excluding hydrogens is 474 g/mol. The van der Waals surface area contributed by atoms with E-state index in [1.165, 1.54) is 29.6 Å². The van der Waals surface area contributed by atoms with Gasteiger partial charge in [0.15, 0.2) is 0 Å². The fourth-order valence-corrected chi connectivity index (χ4v) is 4.47. The molecule has 0 bridgehead atoms. The van der Waals surface area contributed by atoms with E-state index in [-0.39, 0.29) is 17.1 Å². The summed E-state index contributed by atoms with van der Waals surface area (Å²) in [5.74, 6) is -0.611. The van der Waals surface area contributed by atoms with Crippen LogP contribution in [0.25, 0.3) is 0 Å². The predicted octanol–water partition coefficient (Wildman–Crippen LogP) is 2.86. The topological polar surface area (TPSA) is 105 Å².